The molecular weight excluding hydrogens is 230 g/mol. The predicted molar refractivity (Wildman–Crippen MR) is 71.5 cm³/mol. The topological polar surface area (TPSA) is 53.7 Å². The highest BCUT2D eigenvalue weighted by molar-refractivity contribution is 5.81. The number of aryl methyl sites for hydroxylation is 1. The zero-order valence-corrected chi connectivity index (χ0v) is 11.1. The molecule has 1 aliphatic rings. The van der Waals surface area contributed by atoms with Gasteiger partial charge in [0, 0.05) is 12.1 Å². The zero-order chi connectivity index (χ0) is 13.1. The lowest BCUT2D eigenvalue weighted by Crippen LogP contribution is -2.00. The van der Waals surface area contributed by atoms with Crippen molar-refractivity contribution in [2.24, 2.45) is 5.73 Å². The number of benzene rings is 1. The van der Waals surface area contributed by atoms with Crippen molar-refractivity contribution in [1.29, 1.82) is 0 Å². The van der Waals surface area contributed by atoms with Crippen molar-refractivity contribution in [1.82, 2.24) is 0 Å². The van der Waals surface area contributed by atoms with Gasteiger partial charge in [-0.1, -0.05) is 6.08 Å². The van der Waals surface area contributed by atoms with Gasteiger partial charge in [-0.2, -0.15) is 0 Å². The fraction of sp³-hybridized carbons (Fsp3) is 0.429. The molecule has 0 atom stereocenters. The van der Waals surface area contributed by atoms with Crippen molar-refractivity contribution in [3.8, 4) is 17.2 Å². The second-order valence-corrected chi connectivity index (χ2v) is 4.14. The maximum atomic E-state index is 5.61. The quantitative estimate of drug-likeness (QED) is 0.886. The largest absolute Gasteiger partial charge is 0.493 e. The molecule has 0 saturated heterocycles. The van der Waals surface area contributed by atoms with Crippen LogP contribution in [0.5, 0.6) is 17.2 Å². The van der Waals surface area contributed by atoms with E-state index in [1.807, 2.05) is 12.1 Å². The van der Waals surface area contributed by atoms with Gasteiger partial charge < -0.3 is 19.9 Å². The first-order valence-electron chi connectivity index (χ1n) is 5.98. The molecule has 0 aromatic heterocycles. The molecule has 0 spiro atoms. The van der Waals surface area contributed by atoms with Crippen LogP contribution in [0, 0.1) is 0 Å². The van der Waals surface area contributed by atoms with Crippen LogP contribution in [0.25, 0.3) is 5.57 Å². The molecule has 1 aliphatic carbocycles. The molecule has 2 N–H and O–H groups in total. The molecule has 0 fully saturated rings. The molecule has 1 aromatic carbocycles. The monoisotopic (exact) mass is 249 g/mol. The van der Waals surface area contributed by atoms with Gasteiger partial charge in [0.25, 0.3) is 0 Å². The minimum absolute atomic E-state index is 0.534. The highest BCUT2D eigenvalue weighted by atomic mass is 16.5. The van der Waals surface area contributed by atoms with Gasteiger partial charge >= 0.3 is 0 Å². The molecule has 98 valence electrons. The van der Waals surface area contributed by atoms with Gasteiger partial charge in [-0.3, -0.25) is 0 Å². The maximum Gasteiger partial charge on any atom is 0.203 e. The predicted octanol–water partition coefficient (Wildman–Crippen LogP) is 2.00. The third-order valence-electron chi connectivity index (χ3n) is 3.26. The van der Waals surface area contributed by atoms with E-state index in [1.54, 1.807) is 21.3 Å². The van der Waals surface area contributed by atoms with E-state index in [0.29, 0.717) is 18.0 Å². The Hall–Kier alpha value is -1.68. The van der Waals surface area contributed by atoms with Gasteiger partial charge in [0.1, 0.15) is 0 Å². The Bertz CT molecular complexity index is 480. The molecule has 4 heteroatoms. The minimum Gasteiger partial charge on any atom is -0.493 e. The summed E-state index contributed by atoms with van der Waals surface area (Å²) >= 11 is 0. The van der Waals surface area contributed by atoms with Crippen LogP contribution in [0.4, 0.5) is 0 Å². The van der Waals surface area contributed by atoms with Gasteiger partial charge in [0.2, 0.25) is 5.75 Å². The Kier molecular flexibility index (Phi) is 3.77. The Morgan fingerprint density at radius 2 is 1.83 bits per heavy atom. The van der Waals surface area contributed by atoms with Gasteiger partial charge in [-0.05, 0) is 30.0 Å². The van der Waals surface area contributed by atoms with Crippen LogP contribution >= 0.6 is 0 Å². The fourth-order valence-electron chi connectivity index (χ4n) is 2.50. The summed E-state index contributed by atoms with van der Waals surface area (Å²) in [6.45, 7) is 0.534. The number of hydrogen-bond acceptors (Lipinski definition) is 4. The second kappa shape index (κ2) is 5.31. The van der Waals surface area contributed by atoms with Crippen LogP contribution in [-0.4, -0.2) is 27.9 Å². The Morgan fingerprint density at radius 1 is 1.11 bits per heavy atom. The molecule has 0 amide bonds. The van der Waals surface area contributed by atoms with E-state index < -0.39 is 0 Å². The first kappa shape index (κ1) is 12.8. The SMILES string of the molecule is COc1cc2c(c(OC)c1OC)/C(=C/CN)CC2. The second-order valence-electron chi connectivity index (χ2n) is 4.14. The smallest absolute Gasteiger partial charge is 0.203 e. The molecule has 0 saturated carbocycles. The third-order valence-corrected chi connectivity index (χ3v) is 3.26. The van der Waals surface area contributed by atoms with Gasteiger partial charge in [-0.25, -0.2) is 0 Å². The molecule has 0 radical (unpaired) electrons. The fourth-order valence-corrected chi connectivity index (χ4v) is 2.50. The van der Waals surface area contributed by atoms with E-state index in [9.17, 15) is 0 Å². The lowest BCUT2D eigenvalue weighted by molar-refractivity contribution is 0.323. The Balaban J connectivity index is 2.66. The highest BCUT2D eigenvalue weighted by Gasteiger charge is 2.26. The molecule has 2 rings (SSSR count). The van der Waals surface area contributed by atoms with Crippen LogP contribution in [0.3, 0.4) is 0 Å². The summed E-state index contributed by atoms with van der Waals surface area (Å²) in [7, 11) is 4.90. The number of methoxy groups -OCH3 is 3. The molecule has 0 aliphatic heterocycles. The summed E-state index contributed by atoms with van der Waals surface area (Å²) in [5, 5.41) is 0. The Labute approximate surface area is 107 Å². The van der Waals surface area contributed by atoms with Crippen molar-refractivity contribution in [3.63, 3.8) is 0 Å². The van der Waals surface area contributed by atoms with Crippen LogP contribution in [0.2, 0.25) is 0 Å². The minimum atomic E-state index is 0.534. The lowest BCUT2D eigenvalue weighted by Gasteiger charge is -2.16. The van der Waals surface area contributed by atoms with Gasteiger partial charge in [0.15, 0.2) is 11.5 Å². The van der Waals surface area contributed by atoms with Crippen LogP contribution in [-0.2, 0) is 6.42 Å². The molecule has 0 unspecified atom stereocenters. The van der Waals surface area contributed by atoms with Crippen LogP contribution in [0.15, 0.2) is 12.1 Å². The summed E-state index contributed by atoms with van der Waals surface area (Å²) in [4.78, 5) is 0. The Morgan fingerprint density at radius 3 is 2.39 bits per heavy atom. The van der Waals surface area contributed by atoms with E-state index >= 15 is 0 Å². The van der Waals surface area contributed by atoms with Crippen molar-refractivity contribution < 1.29 is 14.2 Å². The number of rotatable bonds is 4. The standard InChI is InChI=1S/C14H19NO3/c1-16-11-8-10-5-4-9(6-7-15)12(10)14(18-3)13(11)17-2/h6,8H,4-5,7,15H2,1-3H3/b9-6+. The van der Waals surface area contributed by atoms with E-state index in [2.05, 4.69) is 0 Å². The molecule has 18 heavy (non-hydrogen) atoms. The summed E-state index contributed by atoms with van der Waals surface area (Å²) in [5.41, 5.74) is 9.18. The molecule has 0 heterocycles. The molecular formula is C14H19NO3. The average Bonchev–Trinajstić information content (AvgIpc) is 2.79. The number of fused-ring (bicyclic) bond motifs is 1. The van der Waals surface area contributed by atoms with E-state index in [1.165, 1.54) is 11.1 Å². The highest BCUT2D eigenvalue weighted by Crippen LogP contribution is 2.48. The van der Waals surface area contributed by atoms with Crippen LogP contribution < -0.4 is 19.9 Å². The summed E-state index contributed by atoms with van der Waals surface area (Å²) in [5.74, 6) is 2.09. The average molecular weight is 249 g/mol. The van der Waals surface area contributed by atoms with Crippen molar-refractivity contribution in [2.75, 3.05) is 27.9 Å². The number of ether oxygens (including phenoxy) is 3. The van der Waals surface area contributed by atoms with Gasteiger partial charge in [-0.15, -0.1) is 0 Å². The number of nitrogens with two attached hydrogens (primary N) is 1. The summed E-state index contributed by atoms with van der Waals surface area (Å²) in [6, 6.07) is 2.02. The molecule has 1 aromatic rings. The van der Waals surface area contributed by atoms with E-state index in [4.69, 9.17) is 19.9 Å². The normalized spacial score (nSPS) is 15.7. The number of hydrogen-bond donors (Lipinski definition) is 1. The van der Waals surface area contributed by atoms with Crippen molar-refractivity contribution >= 4 is 5.57 Å². The lowest BCUT2D eigenvalue weighted by atomic mass is 10.0. The molecule has 0 bridgehead atoms. The maximum absolute atomic E-state index is 5.61. The van der Waals surface area contributed by atoms with Gasteiger partial charge in [0.05, 0.1) is 21.3 Å². The molecule has 4 nitrogen and oxygen atoms in total. The van der Waals surface area contributed by atoms with Crippen molar-refractivity contribution in [3.05, 3.63) is 23.3 Å². The summed E-state index contributed by atoms with van der Waals surface area (Å²) < 4.78 is 16.3. The van der Waals surface area contributed by atoms with E-state index in [-0.39, 0.29) is 0 Å². The van der Waals surface area contributed by atoms with Crippen LogP contribution in [0.1, 0.15) is 17.5 Å². The third kappa shape index (κ3) is 1.93. The van der Waals surface area contributed by atoms with Crippen molar-refractivity contribution in [2.45, 2.75) is 12.8 Å². The first-order chi connectivity index (χ1) is 8.76. The van der Waals surface area contributed by atoms with E-state index in [0.717, 1.165) is 24.2 Å². The number of allylic oxidation sites excluding steroid dienone is 1. The first-order valence-corrected chi connectivity index (χ1v) is 5.98. The summed E-state index contributed by atoms with van der Waals surface area (Å²) in [6.07, 6.45) is 4.01. The zero-order valence-electron chi connectivity index (χ0n) is 11.1.